The maximum absolute atomic E-state index is 7.98. The molecule has 0 fully saturated rings. The van der Waals surface area contributed by atoms with Crippen molar-refractivity contribution in [1.82, 2.24) is 9.97 Å². The van der Waals surface area contributed by atoms with Gasteiger partial charge < -0.3 is 0 Å². The number of nitrogens with one attached hydrogen (secondary N) is 4. The van der Waals surface area contributed by atoms with Gasteiger partial charge in [-0.1, -0.05) is 109 Å². The Balaban J connectivity index is 0.000000134. The molecule has 0 unspecified atom stereocenters. The van der Waals surface area contributed by atoms with E-state index in [1.165, 1.54) is 0 Å². The van der Waals surface area contributed by atoms with Crippen LogP contribution < -0.4 is 0 Å². The van der Waals surface area contributed by atoms with Gasteiger partial charge >= 0.3 is 0 Å². The van der Waals surface area contributed by atoms with Gasteiger partial charge in [0.2, 0.25) is 0 Å². The Morgan fingerprint density at radius 2 is 0.511 bits per heavy atom. The molecule has 45 heavy (non-hydrogen) atoms. The summed E-state index contributed by atoms with van der Waals surface area (Å²) in [6, 6.07) is 42.8. The fraction of sp³-hybridized carbons (Fsp3) is 0. The fourth-order valence-corrected chi connectivity index (χ4v) is 5.31. The van der Waals surface area contributed by atoms with Gasteiger partial charge in [-0.25, -0.2) is 0 Å². The molecule has 6 aromatic rings. The van der Waals surface area contributed by atoms with E-state index in [9.17, 15) is 0 Å². The largest absolute Gasteiger partial charge is 0.298 e. The van der Waals surface area contributed by atoms with Gasteiger partial charge in [0.1, 0.15) is 0 Å². The molecule has 2 aromatic heterocycles. The van der Waals surface area contributed by atoms with Crippen LogP contribution >= 0.6 is 0 Å². The van der Waals surface area contributed by atoms with Gasteiger partial charge in [-0.3, -0.25) is 31.6 Å². The van der Waals surface area contributed by atoms with Gasteiger partial charge in [0, 0.05) is 54.1 Å². The molecule has 0 aliphatic heterocycles. The summed E-state index contributed by atoms with van der Waals surface area (Å²) in [4.78, 5) is 8.37. The van der Waals surface area contributed by atoms with Crippen molar-refractivity contribution in [2.45, 2.75) is 0 Å². The van der Waals surface area contributed by atoms with E-state index >= 15 is 0 Å². The summed E-state index contributed by atoms with van der Waals surface area (Å²) in [7, 11) is 0. The van der Waals surface area contributed by atoms with Gasteiger partial charge in [-0.2, -0.15) is 0 Å². The van der Waals surface area contributed by atoms with E-state index in [0.717, 1.165) is 55.9 Å². The molecule has 4 aromatic carbocycles. The summed E-state index contributed by atoms with van der Waals surface area (Å²) >= 11 is 0. The van der Waals surface area contributed by atoms with Crippen molar-refractivity contribution >= 4 is 22.8 Å². The van der Waals surface area contributed by atoms with Crippen LogP contribution in [0.15, 0.2) is 146 Å². The predicted octanol–water partition coefficient (Wildman–Crippen LogP) is 8.35. The number of nitrogens with zero attached hydrogens (tertiary/aromatic N) is 2. The van der Waals surface area contributed by atoms with Gasteiger partial charge in [0.15, 0.2) is 0 Å². The van der Waals surface area contributed by atoms with Crippen LogP contribution in [0.3, 0.4) is 0 Å². The Labute approximate surface area is 274 Å². The first-order valence-corrected chi connectivity index (χ1v) is 14.1. The molecule has 8 rings (SSSR count). The molecule has 0 bridgehead atoms. The summed E-state index contributed by atoms with van der Waals surface area (Å²) in [5, 5.41) is 31.9. The molecular weight excluding hydrogens is 643 g/mol. The van der Waals surface area contributed by atoms with E-state index in [2.05, 4.69) is 9.97 Å². The van der Waals surface area contributed by atoms with Gasteiger partial charge in [-0.15, -0.1) is 0 Å². The Bertz CT molecular complexity index is 1780. The van der Waals surface area contributed by atoms with E-state index in [-0.39, 0.29) is 19.5 Å². The average Bonchev–Trinajstić information content (AvgIpc) is 3.11. The maximum Gasteiger partial charge on any atom is 0.0886 e. The minimum atomic E-state index is 0. The van der Waals surface area contributed by atoms with E-state index in [1.807, 2.05) is 133 Å². The van der Waals surface area contributed by atoms with Crippen LogP contribution in [0, 0.1) is 21.6 Å². The van der Waals surface area contributed by atoms with Crippen LogP contribution in [0.25, 0.3) is 33.6 Å². The van der Waals surface area contributed by atoms with Gasteiger partial charge in [0.25, 0.3) is 0 Å². The second-order valence-corrected chi connectivity index (χ2v) is 10.1. The van der Waals surface area contributed by atoms with Gasteiger partial charge in [-0.05, 0) is 46.5 Å². The molecule has 7 heteroatoms. The van der Waals surface area contributed by atoms with E-state index in [1.54, 1.807) is 12.4 Å². The van der Waals surface area contributed by atoms with E-state index in [4.69, 9.17) is 21.6 Å². The van der Waals surface area contributed by atoms with Crippen molar-refractivity contribution in [3.63, 3.8) is 0 Å². The number of pyridine rings is 2. The second kappa shape index (κ2) is 13.8. The number of rotatable bonds is 1. The minimum absolute atomic E-state index is 0. The second-order valence-electron chi connectivity index (χ2n) is 10.1. The van der Waals surface area contributed by atoms with Gasteiger partial charge in [0.05, 0.1) is 34.2 Å². The van der Waals surface area contributed by atoms with Crippen LogP contribution in [0.4, 0.5) is 0 Å². The molecule has 219 valence electrons. The summed E-state index contributed by atoms with van der Waals surface area (Å²) in [6.45, 7) is 0. The van der Waals surface area contributed by atoms with Crippen molar-refractivity contribution in [1.29, 1.82) is 21.6 Å². The van der Waals surface area contributed by atoms with Crippen molar-refractivity contribution in [3.8, 4) is 33.6 Å². The Hall–Kier alpha value is -5.52. The van der Waals surface area contributed by atoms with Crippen molar-refractivity contribution in [2.24, 2.45) is 0 Å². The average molecular weight is 672 g/mol. The van der Waals surface area contributed by atoms with Crippen molar-refractivity contribution < 1.29 is 19.5 Å². The monoisotopic (exact) mass is 671 g/mol. The smallest absolute Gasteiger partial charge is 0.0886 e. The molecule has 0 spiro atoms. The zero-order chi connectivity index (χ0) is 30.5. The zero-order valence-corrected chi connectivity index (χ0v) is 25.7. The summed E-state index contributed by atoms with van der Waals surface area (Å²) in [5.41, 5.74) is 10.7. The molecule has 2 aliphatic rings. The first kappa shape index (κ1) is 30.9. The van der Waals surface area contributed by atoms with Crippen LogP contribution in [-0.2, 0) is 19.5 Å². The Kier molecular flexibility index (Phi) is 9.52. The normalized spacial score (nSPS) is 12.0. The topological polar surface area (TPSA) is 121 Å². The number of benzene rings is 4. The third kappa shape index (κ3) is 6.26. The fourth-order valence-electron chi connectivity index (χ4n) is 5.31. The zero-order valence-electron chi connectivity index (χ0n) is 24.1. The molecule has 0 saturated carbocycles. The molecular formula is C38H28N6Rh. The summed E-state index contributed by atoms with van der Waals surface area (Å²) in [6.07, 6.45) is 3.54. The third-order valence-corrected chi connectivity index (χ3v) is 7.46. The molecule has 4 N–H and O–H groups in total. The maximum atomic E-state index is 7.98. The van der Waals surface area contributed by atoms with Crippen LogP contribution in [0.1, 0.15) is 22.3 Å². The number of hydrogen-bond donors (Lipinski definition) is 4. The van der Waals surface area contributed by atoms with Crippen molar-refractivity contribution in [3.05, 3.63) is 168 Å². The van der Waals surface area contributed by atoms with Crippen LogP contribution in [-0.4, -0.2) is 32.8 Å². The first-order valence-electron chi connectivity index (χ1n) is 14.1. The Morgan fingerprint density at radius 1 is 0.289 bits per heavy atom. The quantitative estimate of drug-likeness (QED) is 0.131. The van der Waals surface area contributed by atoms with E-state index < -0.39 is 0 Å². The molecule has 2 heterocycles. The van der Waals surface area contributed by atoms with Crippen LogP contribution in [0.5, 0.6) is 0 Å². The summed E-state index contributed by atoms with van der Waals surface area (Å²) < 4.78 is 0. The predicted molar refractivity (Wildman–Crippen MR) is 179 cm³/mol. The molecule has 0 saturated heterocycles. The number of aromatic nitrogens is 2. The SMILES string of the molecule is N=C1C(=N)c2ccccc2-c2ccccc21.N=C1C(=N)c2ccccc2-c2ccccc21.[Rh].c1ccc(-c2ccccn2)nc1. The molecule has 2 aliphatic carbocycles. The first-order chi connectivity index (χ1) is 21.5. The molecule has 6 nitrogen and oxygen atoms in total. The standard InChI is InChI=1S/2C14H10N2.C10H8N2.Rh/c2*15-13-11-7-3-1-5-9(11)10-6-2-4-8-12(10)14(13)16;1-3-7-11-9(5-1)10-6-2-4-8-12-10;/h2*1-8,15-16H;1-8H;. The Morgan fingerprint density at radius 3 is 0.733 bits per heavy atom. The van der Waals surface area contributed by atoms with Crippen LogP contribution in [0.2, 0.25) is 0 Å². The molecule has 1 radical (unpaired) electrons. The van der Waals surface area contributed by atoms with Crippen molar-refractivity contribution in [2.75, 3.05) is 0 Å². The molecule has 0 amide bonds. The molecule has 0 atom stereocenters. The summed E-state index contributed by atoms with van der Waals surface area (Å²) in [5.74, 6) is 0. The third-order valence-electron chi connectivity index (χ3n) is 7.46. The van der Waals surface area contributed by atoms with E-state index in [0.29, 0.717) is 22.8 Å². The number of hydrogen-bond acceptors (Lipinski definition) is 6. The number of fused-ring (bicyclic) bond motifs is 6. The minimum Gasteiger partial charge on any atom is -0.298 e.